The standard InChI is InChI=1S/C50H41N3/c1-49(2,3)30-21-24-41-37(27-30)39-29-31(50(4,5)6)28-38-36-23-26-43-45(48(36)53(41)46(38)39)44-42(25-22-35-34-19-13-14-20-40(34)52(43)47(35)44)51(32-15-9-7-10-16-32)33-17-11-8-12-18-33/h7-29H,1-6H3. The van der Waals surface area contributed by atoms with Crippen LogP contribution in [0.5, 0.6) is 0 Å². The van der Waals surface area contributed by atoms with E-state index in [1.54, 1.807) is 0 Å². The SMILES string of the molecule is CC(C)(C)c1ccc2c(c1)c1cc(C(C)(C)C)cc3c4ccc5c(c6c(N(c7ccccc7)c7ccccc7)ccc7c8ccccc8n5c76)c4n2c13. The molecule has 0 saturated carbocycles. The van der Waals surface area contributed by atoms with Gasteiger partial charge in [-0.3, -0.25) is 0 Å². The highest BCUT2D eigenvalue weighted by atomic mass is 15.1. The summed E-state index contributed by atoms with van der Waals surface area (Å²) < 4.78 is 5.15. The molecule has 0 bridgehead atoms. The topological polar surface area (TPSA) is 12.1 Å². The van der Waals surface area contributed by atoms with Crippen LogP contribution in [0, 0.1) is 0 Å². The number of hydrogen-bond donors (Lipinski definition) is 0. The van der Waals surface area contributed by atoms with Crippen molar-refractivity contribution in [3.8, 4) is 0 Å². The second-order valence-corrected chi connectivity index (χ2v) is 17.1. The predicted molar refractivity (Wildman–Crippen MR) is 228 cm³/mol. The number of hydrogen-bond acceptors (Lipinski definition) is 1. The van der Waals surface area contributed by atoms with Crippen molar-refractivity contribution in [3.63, 3.8) is 0 Å². The lowest BCUT2D eigenvalue weighted by Crippen LogP contribution is -2.11. The highest BCUT2D eigenvalue weighted by molar-refractivity contribution is 6.36. The van der Waals surface area contributed by atoms with Gasteiger partial charge in [0.05, 0.1) is 38.8 Å². The Hall–Kier alpha value is -6.06. The molecule has 53 heavy (non-hydrogen) atoms. The molecular formula is C50H41N3. The molecule has 256 valence electrons. The van der Waals surface area contributed by atoms with Crippen molar-refractivity contribution in [3.05, 3.63) is 151 Å². The summed E-state index contributed by atoms with van der Waals surface area (Å²) in [5, 5.41) is 10.5. The average molecular weight is 684 g/mol. The van der Waals surface area contributed by atoms with Crippen molar-refractivity contribution in [2.45, 2.75) is 52.4 Å². The first-order valence-corrected chi connectivity index (χ1v) is 18.9. The molecule has 11 rings (SSSR count). The zero-order chi connectivity index (χ0) is 36.0. The summed E-state index contributed by atoms with van der Waals surface area (Å²) in [4.78, 5) is 2.45. The normalized spacial score (nSPS) is 13.1. The molecule has 0 aliphatic carbocycles. The Kier molecular flexibility index (Phi) is 5.93. The molecule has 3 heteroatoms. The van der Waals surface area contributed by atoms with E-state index in [2.05, 4.69) is 195 Å². The number of nitrogens with zero attached hydrogens (tertiary/aromatic N) is 3. The van der Waals surface area contributed by atoms with Crippen LogP contribution in [0.2, 0.25) is 0 Å². The maximum absolute atomic E-state index is 2.61. The van der Waals surface area contributed by atoms with Gasteiger partial charge in [0.2, 0.25) is 0 Å². The van der Waals surface area contributed by atoms with Crippen LogP contribution >= 0.6 is 0 Å². The van der Waals surface area contributed by atoms with Crippen molar-refractivity contribution in [2.75, 3.05) is 4.90 Å². The van der Waals surface area contributed by atoms with Crippen LogP contribution in [-0.4, -0.2) is 8.80 Å². The minimum absolute atomic E-state index is 0.00210. The van der Waals surface area contributed by atoms with E-state index in [9.17, 15) is 0 Å². The van der Waals surface area contributed by atoms with E-state index < -0.39 is 0 Å². The molecule has 0 aliphatic rings. The van der Waals surface area contributed by atoms with Gasteiger partial charge >= 0.3 is 0 Å². The minimum Gasteiger partial charge on any atom is -0.310 e. The van der Waals surface area contributed by atoms with E-state index >= 15 is 0 Å². The van der Waals surface area contributed by atoms with Gasteiger partial charge < -0.3 is 13.7 Å². The van der Waals surface area contributed by atoms with Crippen molar-refractivity contribution in [1.29, 1.82) is 0 Å². The maximum atomic E-state index is 2.61. The molecule has 0 atom stereocenters. The van der Waals surface area contributed by atoms with Gasteiger partial charge in [-0.2, -0.15) is 0 Å². The number of para-hydroxylation sites is 3. The highest BCUT2D eigenvalue weighted by Gasteiger charge is 2.29. The maximum Gasteiger partial charge on any atom is 0.0642 e. The summed E-state index contributed by atoms with van der Waals surface area (Å²) in [7, 11) is 0. The summed E-state index contributed by atoms with van der Waals surface area (Å²) in [6.45, 7) is 14.0. The van der Waals surface area contributed by atoms with Crippen LogP contribution < -0.4 is 4.90 Å². The van der Waals surface area contributed by atoms with Crippen LogP contribution in [0.15, 0.2) is 140 Å². The van der Waals surface area contributed by atoms with E-state index in [0.29, 0.717) is 0 Å². The summed E-state index contributed by atoms with van der Waals surface area (Å²) in [5.41, 5.74) is 13.9. The van der Waals surface area contributed by atoms with Crippen LogP contribution in [0.4, 0.5) is 17.1 Å². The monoisotopic (exact) mass is 683 g/mol. The van der Waals surface area contributed by atoms with Gasteiger partial charge in [-0.05, 0) is 88.7 Å². The Morgan fingerprint density at radius 1 is 0.377 bits per heavy atom. The van der Waals surface area contributed by atoms with E-state index in [-0.39, 0.29) is 10.8 Å². The van der Waals surface area contributed by atoms with Crippen molar-refractivity contribution in [1.82, 2.24) is 8.80 Å². The molecular weight excluding hydrogens is 643 g/mol. The zero-order valence-electron chi connectivity index (χ0n) is 31.1. The number of anilines is 3. The van der Waals surface area contributed by atoms with E-state index in [4.69, 9.17) is 0 Å². The Balaban J connectivity index is 1.41. The lowest BCUT2D eigenvalue weighted by molar-refractivity contribution is 0.590. The molecule has 0 fully saturated rings. The van der Waals surface area contributed by atoms with Gasteiger partial charge in [0.25, 0.3) is 0 Å². The number of aromatic nitrogens is 2. The largest absolute Gasteiger partial charge is 0.310 e. The molecule has 0 radical (unpaired) electrons. The Labute approximate surface area is 309 Å². The van der Waals surface area contributed by atoms with Crippen molar-refractivity contribution < 1.29 is 0 Å². The Morgan fingerprint density at radius 2 is 0.906 bits per heavy atom. The lowest BCUT2D eigenvalue weighted by atomic mass is 9.84. The van der Waals surface area contributed by atoms with Gasteiger partial charge in [-0.1, -0.05) is 114 Å². The van der Waals surface area contributed by atoms with Crippen LogP contribution in [0.25, 0.3) is 76.2 Å². The van der Waals surface area contributed by atoms with E-state index in [0.717, 1.165) is 11.4 Å². The fourth-order valence-electron chi connectivity index (χ4n) is 9.26. The molecule has 11 aromatic rings. The average Bonchev–Trinajstić information content (AvgIpc) is 3.88. The van der Waals surface area contributed by atoms with Gasteiger partial charge in [-0.15, -0.1) is 0 Å². The molecule has 3 nitrogen and oxygen atoms in total. The van der Waals surface area contributed by atoms with E-state index in [1.165, 1.54) is 93.0 Å². The third kappa shape index (κ3) is 4.05. The molecule has 0 amide bonds. The van der Waals surface area contributed by atoms with Gasteiger partial charge in [-0.25, -0.2) is 0 Å². The molecule has 4 aromatic heterocycles. The summed E-state index contributed by atoms with van der Waals surface area (Å²) in [6.07, 6.45) is 0. The van der Waals surface area contributed by atoms with Crippen LogP contribution in [0.1, 0.15) is 52.7 Å². The molecule has 4 heterocycles. The smallest absolute Gasteiger partial charge is 0.0642 e. The fourth-order valence-corrected chi connectivity index (χ4v) is 9.26. The predicted octanol–water partition coefficient (Wildman–Crippen LogP) is 14.1. The lowest BCUT2D eigenvalue weighted by Gasteiger charge is -2.26. The first kappa shape index (κ1) is 30.6. The van der Waals surface area contributed by atoms with Crippen LogP contribution in [-0.2, 0) is 10.8 Å². The van der Waals surface area contributed by atoms with Crippen LogP contribution in [0.3, 0.4) is 0 Å². The van der Waals surface area contributed by atoms with E-state index in [1.807, 2.05) is 0 Å². The van der Waals surface area contributed by atoms with Crippen molar-refractivity contribution in [2.24, 2.45) is 0 Å². The number of rotatable bonds is 3. The molecule has 0 saturated heterocycles. The molecule has 0 N–H and O–H groups in total. The quantitative estimate of drug-likeness (QED) is 0.180. The molecule has 0 aliphatic heterocycles. The summed E-state index contributed by atoms with van der Waals surface area (Å²) >= 11 is 0. The molecule has 0 spiro atoms. The van der Waals surface area contributed by atoms with Crippen molar-refractivity contribution >= 4 is 93.3 Å². The van der Waals surface area contributed by atoms with Gasteiger partial charge in [0, 0.05) is 54.5 Å². The first-order chi connectivity index (χ1) is 25.6. The molecule has 7 aromatic carbocycles. The Bertz CT molecular complexity index is 3180. The third-order valence-electron chi connectivity index (χ3n) is 11.8. The van der Waals surface area contributed by atoms with Gasteiger partial charge in [0.1, 0.15) is 0 Å². The Morgan fingerprint density at radius 3 is 1.58 bits per heavy atom. The second-order valence-electron chi connectivity index (χ2n) is 17.1. The first-order valence-electron chi connectivity index (χ1n) is 18.9. The number of benzene rings is 7. The second kappa shape index (κ2) is 10.3. The third-order valence-corrected chi connectivity index (χ3v) is 11.8. The zero-order valence-corrected chi connectivity index (χ0v) is 31.1. The van der Waals surface area contributed by atoms with Gasteiger partial charge in [0.15, 0.2) is 0 Å². The number of fused-ring (bicyclic) bond motifs is 13. The highest BCUT2D eigenvalue weighted by Crippen LogP contribution is 2.51. The molecule has 0 unspecified atom stereocenters. The summed E-state index contributed by atoms with van der Waals surface area (Å²) in [5.74, 6) is 0. The fraction of sp³-hybridized carbons (Fsp3) is 0.160. The summed E-state index contributed by atoms with van der Waals surface area (Å²) in [6, 6.07) is 52.3. The minimum atomic E-state index is 0.00210.